The fourth-order valence-electron chi connectivity index (χ4n) is 1.58. The van der Waals surface area contributed by atoms with E-state index >= 15 is 0 Å². The molecule has 106 valence electrons. The van der Waals surface area contributed by atoms with Crippen LogP contribution in [0, 0.1) is 0 Å². The fraction of sp³-hybridized carbons (Fsp3) is 0.615. The van der Waals surface area contributed by atoms with Crippen molar-refractivity contribution in [3.63, 3.8) is 0 Å². The largest absolute Gasteiger partial charge is 0.351 e. The quantitative estimate of drug-likeness (QED) is 0.640. The predicted octanol–water partition coefficient (Wildman–Crippen LogP) is 2.03. The predicted molar refractivity (Wildman–Crippen MR) is 78.2 cm³/mol. The van der Waals surface area contributed by atoms with Crippen LogP contribution >= 0.6 is 11.8 Å². The first kappa shape index (κ1) is 15.8. The van der Waals surface area contributed by atoms with Crippen molar-refractivity contribution in [2.45, 2.75) is 51.4 Å². The molecule has 0 atom stereocenters. The van der Waals surface area contributed by atoms with Crippen LogP contribution in [0.3, 0.4) is 0 Å². The second-order valence-electron chi connectivity index (χ2n) is 5.24. The second kappa shape index (κ2) is 6.75. The highest BCUT2D eigenvalue weighted by Crippen LogP contribution is 2.17. The average molecular weight is 282 g/mol. The van der Waals surface area contributed by atoms with Crippen molar-refractivity contribution in [2.75, 3.05) is 5.75 Å². The van der Waals surface area contributed by atoms with Gasteiger partial charge in [0, 0.05) is 18.5 Å². The van der Waals surface area contributed by atoms with Crippen molar-refractivity contribution in [1.29, 1.82) is 0 Å². The highest BCUT2D eigenvalue weighted by Gasteiger charge is 2.16. The molecule has 0 aliphatic rings. The zero-order valence-corrected chi connectivity index (χ0v) is 12.9. The van der Waals surface area contributed by atoms with E-state index in [0.717, 1.165) is 17.4 Å². The first-order chi connectivity index (χ1) is 8.87. The van der Waals surface area contributed by atoms with Gasteiger partial charge in [-0.3, -0.25) is 4.79 Å². The molecule has 6 heteroatoms. The third-order valence-corrected chi connectivity index (χ3v) is 3.23. The van der Waals surface area contributed by atoms with Gasteiger partial charge in [0.1, 0.15) is 5.82 Å². The van der Waals surface area contributed by atoms with Crippen LogP contribution in [0.2, 0.25) is 0 Å². The molecule has 0 saturated carbocycles. The van der Waals surface area contributed by atoms with Gasteiger partial charge in [0.2, 0.25) is 5.91 Å². The monoisotopic (exact) mass is 282 g/mol. The van der Waals surface area contributed by atoms with Crippen LogP contribution in [0.4, 0.5) is 0 Å². The number of carbonyl (C=O) groups excluding carboxylic acids is 1. The Morgan fingerprint density at radius 1 is 1.47 bits per heavy atom. The van der Waals surface area contributed by atoms with Gasteiger partial charge in [0.05, 0.1) is 5.75 Å². The number of allylic oxidation sites excluding steroid dienone is 1. The summed E-state index contributed by atoms with van der Waals surface area (Å²) in [4.78, 5) is 11.8. The zero-order chi connectivity index (χ0) is 14.5. The first-order valence-corrected chi connectivity index (χ1v) is 7.32. The molecule has 0 fully saturated rings. The molecule has 19 heavy (non-hydrogen) atoms. The Balaban J connectivity index is 2.65. The molecule has 0 unspecified atom stereocenters. The lowest BCUT2D eigenvalue weighted by Gasteiger charge is -2.20. The van der Waals surface area contributed by atoms with Gasteiger partial charge in [-0.2, -0.15) is 0 Å². The van der Waals surface area contributed by atoms with Crippen LogP contribution < -0.4 is 5.32 Å². The number of hydrogen-bond acceptors (Lipinski definition) is 4. The lowest BCUT2D eigenvalue weighted by molar-refractivity contribution is -0.119. The van der Waals surface area contributed by atoms with E-state index in [1.807, 2.05) is 38.3 Å². The summed E-state index contributed by atoms with van der Waals surface area (Å²) in [5, 5.41) is 11.9. The third-order valence-electron chi connectivity index (χ3n) is 2.27. The number of amides is 1. The van der Waals surface area contributed by atoms with E-state index in [1.54, 1.807) is 0 Å². The smallest absolute Gasteiger partial charge is 0.230 e. The number of rotatable bonds is 6. The van der Waals surface area contributed by atoms with E-state index in [9.17, 15) is 4.79 Å². The Labute approximate surface area is 118 Å². The topological polar surface area (TPSA) is 59.8 Å². The molecule has 0 spiro atoms. The summed E-state index contributed by atoms with van der Waals surface area (Å²) in [6.45, 7) is 12.3. The van der Waals surface area contributed by atoms with Gasteiger partial charge in [-0.05, 0) is 20.8 Å². The van der Waals surface area contributed by atoms with Gasteiger partial charge >= 0.3 is 0 Å². The minimum absolute atomic E-state index is 0.00343. The number of aryl methyl sites for hydroxylation is 1. The molecule has 0 radical (unpaired) electrons. The van der Waals surface area contributed by atoms with Crippen molar-refractivity contribution in [3.05, 3.63) is 18.5 Å². The number of hydrogen-bond donors (Lipinski definition) is 1. The van der Waals surface area contributed by atoms with Gasteiger partial charge < -0.3 is 9.88 Å². The molecule has 1 N–H and O–H groups in total. The molecule has 1 heterocycles. The van der Waals surface area contributed by atoms with Gasteiger partial charge in [0.25, 0.3) is 0 Å². The van der Waals surface area contributed by atoms with E-state index in [0.29, 0.717) is 12.3 Å². The van der Waals surface area contributed by atoms with E-state index in [2.05, 4.69) is 22.1 Å². The van der Waals surface area contributed by atoms with Crippen molar-refractivity contribution in [1.82, 2.24) is 20.1 Å². The van der Waals surface area contributed by atoms with E-state index < -0.39 is 0 Å². The Bertz CT molecular complexity index is 448. The van der Waals surface area contributed by atoms with Crippen LogP contribution in [0.1, 0.15) is 33.5 Å². The number of thioether (sulfide) groups is 1. The molecular weight excluding hydrogens is 260 g/mol. The maximum Gasteiger partial charge on any atom is 0.230 e. The summed E-state index contributed by atoms with van der Waals surface area (Å²) < 4.78 is 1.99. The SMILES string of the molecule is C=CCn1c(CC)nnc1SCC(=O)NC(C)(C)C. The molecule has 1 rings (SSSR count). The summed E-state index contributed by atoms with van der Waals surface area (Å²) in [7, 11) is 0. The summed E-state index contributed by atoms with van der Waals surface area (Å²) >= 11 is 1.40. The maximum absolute atomic E-state index is 11.8. The minimum atomic E-state index is -0.207. The normalized spacial score (nSPS) is 11.4. The molecule has 5 nitrogen and oxygen atoms in total. The summed E-state index contributed by atoms with van der Waals surface area (Å²) in [5.41, 5.74) is -0.207. The molecule has 0 aliphatic heterocycles. The fourth-order valence-corrected chi connectivity index (χ4v) is 2.35. The molecule has 1 aromatic rings. The van der Waals surface area contributed by atoms with Crippen LogP contribution in [0.15, 0.2) is 17.8 Å². The minimum Gasteiger partial charge on any atom is -0.351 e. The van der Waals surface area contributed by atoms with Crippen LogP contribution in [-0.4, -0.2) is 32.0 Å². The van der Waals surface area contributed by atoms with Crippen molar-refractivity contribution >= 4 is 17.7 Å². The van der Waals surface area contributed by atoms with E-state index in [4.69, 9.17) is 0 Å². The summed E-state index contributed by atoms with van der Waals surface area (Å²) in [5.74, 6) is 1.26. The highest BCUT2D eigenvalue weighted by atomic mass is 32.2. The van der Waals surface area contributed by atoms with E-state index in [-0.39, 0.29) is 11.4 Å². The van der Waals surface area contributed by atoms with Crippen LogP contribution in [-0.2, 0) is 17.8 Å². The van der Waals surface area contributed by atoms with Crippen molar-refractivity contribution in [3.8, 4) is 0 Å². The van der Waals surface area contributed by atoms with Gasteiger partial charge in [-0.15, -0.1) is 16.8 Å². The highest BCUT2D eigenvalue weighted by molar-refractivity contribution is 7.99. The number of aromatic nitrogens is 3. The van der Waals surface area contributed by atoms with Gasteiger partial charge in [-0.1, -0.05) is 24.8 Å². The van der Waals surface area contributed by atoms with E-state index in [1.165, 1.54) is 11.8 Å². The molecule has 0 bridgehead atoms. The molecule has 0 aromatic carbocycles. The van der Waals surface area contributed by atoms with Crippen LogP contribution in [0.25, 0.3) is 0 Å². The lowest BCUT2D eigenvalue weighted by Crippen LogP contribution is -2.41. The molecule has 0 saturated heterocycles. The number of nitrogens with one attached hydrogen (secondary N) is 1. The zero-order valence-electron chi connectivity index (χ0n) is 12.1. The van der Waals surface area contributed by atoms with Crippen LogP contribution in [0.5, 0.6) is 0 Å². The molecule has 1 aromatic heterocycles. The van der Waals surface area contributed by atoms with Crippen molar-refractivity contribution in [2.24, 2.45) is 0 Å². The summed E-state index contributed by atoms with van der Waals surface area (Å²) in [6, 6.07) is 0. The third kappa shape index (κ3) is 5.06. The van der Waals surface area contributed by atoms with Gasteiger partial charge in [0.15, 0.2) is 5.16 Å². The maximum atomic E-state index is 11.8. The Morgan fingerprint density at radius 3 is 2.68 bits per heavy atom. The first-order valence-electron chi connectivity index (χ1n) is 6.34. The van der Waals surface area contributed by atoms with Gasteiger partial charge in [-0.25, -0.2) is 0 Å². The Kier molecular flexibility index (Phi) is 5.60. The second-order valence-corrected chi connectivity index (χ2v) is 6.18. The Morgan fingerprint density at radius 2 is 2.16 bits per heavy atom. The Hall–Kier alpha value is -1.30. The molecule has 0 aliphatic carbocycles. The summed E-state index contributed by atoms with van der Waals surface area (Å²) in [6.07, 6.45) is 2.62. The number of carbonyl (C=O) groups is 1. The standard InChI is InChI=1S/C13H22N4OS/c1-6-8-17-10(7-2)15-16-12(17)19-9-11(18)14-13(3,4)5/h6H,1,7-9H2,2-5H3,(H,14,18). The van der Waals surface area contributed by atoms with Crippen molar-refractivity contribution < 1.29 is 4.79 Å². The lowest BCUT2D eigenvalue weighted by atomic mass is 10.1. The molecular formula is C13H22N4OS. The number of nitrogens with zero attached hydrogens (tertiary/aromatic N) is 3. The average Bonchev–Trinajstić information content (AvgIpc) is 2.67. The molecule has 1 amide bonds.